The highest BCUT2D eigenvalue weighted by atomic mass is 35.5. The largest absolute Gasteiger partial charge is 0.711 e. The van der Waals surface area contributed by atoms with Gasteiger partial charge >= 0.3 is 17.7 Å². The number of alkyl halides is 6. The quantitative estimate of drug-likeness (QED) is 0.270. The summed E-state index contributed by atoms with van der Waals surface area (Å²) in [6.45, 7) is 5.35. The number of hydrogen-bond acceptors (Lipinski definition) is 1. The van der Waals surface area contributed by atoms with Gasteiger partial charge in [-0.3, -0.25) is 4.79 Å². The summed E-state index contributed by atoms with van der Waals surface area (Å²) in [5.74, 6) is 0. The predicted molar refractivity (Wildman–Crippen MR) is 29.6 cm³/mol. The summed E-state index contributed by atoms with van der Waals surface area (Å²) in [5, 5.41) is -2.28. The molecule has 0 aliphatic heterocycles. The third-order valence-electron chi connectivity index (χ3n) is 0.350. The zero-order valence-corrected chi connectivity index (χ0v) is 6.26. The van der Waals surface area contributed by atoms with E-state index in [4.69, 9.17) is 11.4 Å². The second-order valence-corrected chi connectivity index (χ2v) is 1.69. The smallest absolute Gasteiger partial charge is 0.271 e. The number of halogens is 7. The molecule has 0 rings (SSSR count). The normalized spacial score (nSPS) is 10.9. The van der Waals surface area contributed by atoms with Crippen molar-refractivity contribution in [2.24, 2.45) is 0 Å². The molecule has 0 unspecified atom stereocenters. The third-order valence-corrected chi connectivity index (χ3v) is 0.564. The molecule has 0 aromatic rings. The fourth-order valence-corrected chi connectivity index (χ4v) is 0. The highest BCUT2D eigenvalue weighted by molar-refractivity contribution is 6.64. The van der Waals surface area contributed by atoms with Gasteiger partial charge in [-0.15, -0.1) is 0 Å². The Morgan fingerprint density at radius 2 is 1.31 bits per heavy atom. The molecular weight excluding hydrogens is 227 g/mol. The molecule has 76 valence electrons. The Balaban J connectivity index is 0. The van der Waals surface area contributed by atoms with Crippen LogP contribution in [0.15, 0.2) is 0 Å². The predicted octanol–water partition coefficient (Wildman–Crippen LogP) is 2.74. The van der Waals surface area contributed by atoms with Gasteiger partial charge in [-0.1, -0.05) is 13.2 Å². The van der Waals surface area contributed by atoms with E-state index < -0.39 is 17.7 Å². The molecule has 0 saturated heterocycles. The minimum atomic E-state index is -4.87. The van der Waals surface area contributed by atoms with Crippen LogP contribution >= 0.6 is 11.6 Å². The van der Waals surface area contributed by atoms with Gasteiger partial charge in [-0.25, -0.2) is 11.4 Å². The molecule has 0 heterocycles. The van der Waals surface area contributed by atoms with Gasteiger partial charge < -0.3 is 0 Å². The van der Waals surface area contributed by atoms with Crippen LogP contribution in [0.25, 0.3) is 4.85 Å². The monoisotopic (exact) mass is 227 g/mol. The molecule has 0 aliphatic carbocycles. The molecule has 0 bridgehead atoms. The van der Waals surface area contributed by atoms with Crippen molar-refractivity contribution >= 4 is 16.8 Å². The maximum Gasteiger partial charge on any atom is 0.711 e. The summed E-state index contributed by atoms with van der Waals surface area (Å²) in [5.41, 5.74) is 0. The Labute approximate surface area is 72.9 Å². The molecule has 0 radical (unpaired) electrons. The van der Waals surface area contributed by atoms with Gasteiger partial charge in [0.25, 0.3) is 0 Å². The van der Waals surface area contributed by atoms with E-state index in [0.29, 0.717) is 0 Å². The molecule has 0 fully saturated rings. The van der Waals surface area contributed by atoms with E-state index in [9.17, 15) is 26.3 Å². The maximum atomic E-state index is 10.7. The Bertz CT molecular complexity index is 212. The molecule has 0 N–H and O–H groups in total. The van der Waals surface area contributed by atoms with Crippen molar-refractivity contribution < 1.29 is 31.1 Å². The van der Waals surface area contributed by atoms with E-state index in [1.165, 1.54) is 4.85 Å². The highest BCUT2D eigenvalue weighted by Gasteiger charge is 2.36. The van der Waals surface area contributed by atoms with Crippen molar-refractivity contribution in [3.8, 4) is 0 Å². The van der Waals surface area contributed by atoms with Crippen LogP contribution in [-0.4, -0.2) is 17.7 Å². The zero-order valence-electron chi connectivity index (χ0n) is 5.50. The van der Waals surface area contributed by atoms with E-state index in [1.807, 2.05) is 0 Å². The Kier molecular flexibility index (Phi) is 5.50. The molecular formula is C4ClF6NO. The van der Waals surface area contributed by atoms with Crippen molar-refractivity contribution in [1.29, 1.82) is 0 Å². The van der Waals surface area contributed by atoms with Crippen LogP contribution < -0.4 is 0 Å². The Morgan fingerprint density at radius 3 is 1.31 bits per heavy atom. The molecule has 0 aliphatic rings. The van der Waals surface area contributed by atoms with Gasteiger partial charge in [0, 0.05) is 0 Å². The second-order valence-electron chi connectivity index (χ2n) is 1.35. The highest BCUT2D eigenvalue weighted by Crippen LogP contribution is 2.17. The van der Waals surface area contributed by atoms with Crippen LogP contribution in [-0.2, 0) is 4.79 Å². The summed E-state index contributed by atoms with van der Waals surface area (Å²) in [6, 6.07) is 0. The fourth-order valence-electron chi connectivity index (χ4n) is 0. The number of nitrogens with zero attached hydrogens (tertiary/aromatic N) is 1. The fraction of sp³-hybridized carbons (Fsp3) is 0.500. The van der Waals surface area contributed by atoms with Crippen LogP contribution in [0.3, 0.4) is 0 Å². The van der Waals surface area contributed by atoms with Gasteiger partial charge in [-0.2, -0.15) is 13.2 Å². The number of hydrogen-bond donors (Lipinski definition) is 0. The lowest BCUT2D eigenvalue weighted by Gasteiger charge is -1.93. The topological polar surface area (TPSA) is 21.4 Å². The van der Waals surface area contributed by atoms with Gasteiger partial charge in [0.2, 0.25) is 0 Å². The molecule has 13 heavy (non-hydrogen) atoms. The number of carbonyl (C=O) groups excluding carboxylic acids is 1. The summed E-state index contributed by atoms with van der Waals surface area (Å²) in [7, 11) is 0. The summed E-state index contributed by atoms with van der Waals surface area (Å²) >= 11 is 3.99. The third kappa shape index (κ3) is 13.9. The van der Waals surface area contributed by atoms with Gasteiger partial charge in [0.1, 0.15) is 0 Å². The minimum Gasteiger partial charge on any atom is -0.271 e. The number of rotatable bonds is 0. The lowest BCUT2D eigenvalue weighted by Crippen LogP contribution is -2.15. The van der Waals surface area contributed by atoms with Gasteiger partial charge in [0.05, 0.1) is 0 Å². The zero-order chi connectivity index (χ0) is 11.3. The Morgan fingerprint density at radius 1 is 1.15 bits per heavy atom. The number of carbonyl (C=O) groups is 1. The van der Waals surface area contributed by atoms with E-state index in [0.717, 1.165) is 0 Å². The second kappa shape index (κ2) is 4.91. The van der Waals surface area contributed by atoms with E-state index >= 15 is 0 Å². The lowest BCUT2D eigenvalue weighted by atomic mass is 10.8. The Hall–Kier alpha value is -0.970. The van der Waals surface area contributed by atoms with E-state index in [-0.39, 0.29) is 0 Å². The first-order valence-electron chi connectivity index (χ1n) is 2.22. The average molecular weight is 227 g/mol. The van der Waals surface area contributed by atoms with Crippen LogP contribution in [0.4, 0.5) is 26.3 Å². The van der Waals surface area contributed by atoms with Crippen molar-refractivity contribution in [2.45, 2.75) is 12.5 Å². The molecule has 0 aromatic carbocycles. The van der Waals surface area contributed by atoms with Crippen LogP contribution in [0.1, 0.15) is 0 Å². The molecule has 0 spiro atoms. The van der Waals surface area contributed by atoms with Crippen molar-refractivity contribution in [2.75, 3.05) is 0 Å². The van der Waals surface area contributed by atoms with Crippen LogP contribution in [0, 0.1) is 6.57 Å². The molecule has 9 heteroatoms. The molecule has 0 amide bonds. The van der Waals surface area contributed by atoms with E-state index in [1.54, 1.807) is 0 Å². The summed E-state index contributed by atoms with van der Waals surface area (Å²) in [6.07, 6.45) is -9.54. The first-order valence-corrected chi connectivity index (χ1v) is 2.60. The van der Waals surface area contributed by atoms with E-state index in [2.05, 4.69) is 11.6 Å². The molecule has 0 atom stereocenters. The first kappa shape index (κ1) is 14.5. The van der Waals surface area contributed by atoms with Crippen molar-refractivity contribution in [1.82, 2.24) is 0 Å². The first-order chi connectivity index (χ1) is 5.50. The average Bonchev–Trinajstić information content (AvgIpc) is 1.85. The summed E-state index contributed by atoms with van der Waals surface area (Å²) in [4.78, 5) is 10.4. The molecule has 2 nitrogen and oxygen atoms in total. The maximum absolute atomic E-state index is 10.7. The lowest BCUT2D eigenvalue weighted by molar-refractivity contribution is -0.161. The summed E-state index contributed by atoms with van der Waals surface area (Å²) < 4.78 is 63.4. The molecule has 0 aromatic heterocycles. The van der Waals surface area contributed by atoms with Crippen LogP contribution in [0.5, 0.6) is 0 Å². The standard InChI is InChI=1S/C2ClF3O.C2F3N/c3-1(7)2(4,5)6;1-6-2(3,4)5. The molecule has 0 saturated carbocycles. The minimum absolute atomic E-state index is 1.27. The van der Waals surface area contributed by atoms with Crippen LogP contribution in [0.2, 0.25) is 0 Å². The van der Waals surface area contributed by atoms with Gasteiger partial charge in [0.15, 0.2) is 0 Å². The SMILES string of the molecule is O=C(Cl)C(F)(F)F.[C-]#[N+]C(F)(F)F. The van der Waals surface area contributed by atoms with Crippen molar-refractivity contribution in [3.63, 3.8) is 0 Å². The van der Waals surface area contributed by atoms with Crippen molar-refractivity contribution in [3.05, 3.63) is 11.4 Å². The van der Waals surface area contributed by atoms with Gasteiger partial charge in [-0.05, 0) is 11.6 Å².